The highest BCUT2D eigenvalue weighted by Gasteiger charge is 2.39. The van der Waals surface area contributed by atoms with E-state index in [1.54, 1.807) is 0 Å². The molecule has 5 heteroatoms. The van der Waals surface area contributed by atoms with Crippen molar-refractivity contribution in [2.75, 3.05) is 0 Å². The monoisotopic (exact) mass is 452 g/mol. The van der Waals surface area contributed by atoms with Gasteiger partial charge in [-0.2, -0.15) is 0 Å². The van der Waals surface area contributed by atoms with Crippen molar-refractivity contribution < 1.29 is 24.9 Å². The molecule has 1 aromatic rings. The first-order valence-electron chi connectivity index (χ1n) is 11.7. The molecule has 2 rings (SSSR count). The van der Waals surface area contributed by atoms with Gasteiger partial charge < -0.3 is 20.1 Å². The van der Waals surface area contributed by atoms with Gasteiger partial charge in [-0.1, -0.05) is 67.7 Å². The quantitative estimate of drug-likeness (QED) is 0.230. The predicted molar refractivity (Wildman–Crippen MR) is 133 cm³/mol. The summed E-state index contributed by atoms with van der Waals surface area (Å²) in [7, 11) is 0. The van der Waals surface area contributed by atoms with E-state index in [4.69, 9.17) is 4.74 Å². The molecule has 1 atom stereocenters. The summed E-state index contributed by atoms with van der Waals surface area (Å²) in [6.07, 6.45) is 27.7. The first-order valence-corrected chi connectivity index (χ1v) is 11.7. The topological polar surface area (TPSA) is 87.0 Å². The molecule has 0 bridgehead atoms. The van der Waals surface area contributed by atoms with Gasteiger partial charge in [0.1, 0.15) is 22.8 Å². The lowest BCUT2D eigenvalue weighted by Crippen LogP contribution is -2.41. The van der Waals surface area contributed by atoms with Crippen LogP contribution in [0.3, 0.4) is 0 Å². The van der Waals surface area contributed by atoms with Crippen molar-refractivity contribution in [1.29, 1.82) is 0 Å². The molecule has 0 radical (unpaired) electrons. The van der Waals surface area contributed by atoms with Gasteiger partial charge in [0.05, 0.1) is 6.42 Å². The maximum atomic E-state index is 12.3. The highest BCUT2D eigenvalue weighted by atomic mass is 16.6. The Bertz CT molecular complexity index is 907. The van der Waals surface area contributed by atoms with Crippen LogP contribution in [0.25, 0.3) is 0 Å². The lowest BCUT2D eigenvalue weighted by atomic mass is 9.94. The summed E-state index contributed by atoms with van der Waals surface area (Å²) in [5.41, 5.74) is 0.00954. The zero-order chi connectivity index (χ0) is 23.9. The molecule has 0 amide bonds. The molecule has 0 aromatic heterocycles. The van der Waals surface area contributed by atoms with Crippen LogP contribution in [0.5, 0.6) is 17.2 Å². The molecule has 33 heavy (non-hydrogen) atoms. The number of ketones is 1. The number of phenols is 2. The molecule has 0 saturated heterocycles. The summed E-state index contributed by atoms with van der Waals surface area (Å²) in [4.78, 5) is 12.3. The van der Waals surface area contributed by atoms with Crippen LogP contribution in [-0.2, 0) is 0 Å². The smallest absolute Gasteiger partial charge is 0.215 e. The average molecular weight is 453 g/mol. The van der Waals surface area contributed by atoms with Crippen molar-refractivity contribution in [1.82, 2.24) is 0 Å². The number of Topliss-reactive ketones (excluding diaryl/α,β-unsaturated/α-hetero) is 1. The Labute approximate surface area is 197 Å². The van der Waals surface area contributed by atoms with E-state index in [9.17, 15) is 20.1 Å². The Balaban J connectivity index is 1.61. The summed E-state index contributed by atoms with van der Waals surface area (Å²) >= 11 is 0. The third-order valence-electron chi connectivity index (χ3n) is 5.18. The predicted octanol–water partition coefficient (Wildman–Crippen LogP) is 6.67. The first-order chi connectivity index (χ1) is 15.9. The Kier molecular flexibility index (Phi) is 11.3. The number of fused-ring (bicyclic) bond motifs is 1. The standard InChI is InChI=1S/C28H36O5/c1-2-3-4-5-6-7-8-9-10-11-12-13-14-15-16-17-18-19-28(32)22-25(31)27-24(30)20-23(29)21-26(27)33-28/h3-4,6-7,9-10,12-13,15-16,20-21,29-30,32H,2,5,8,11,14,17-19,22H2,1H3/b4-3-,7-6-,10-9-,13-12-,16-15-. The van der Waals surface area contributed by atoms with Gasteiger partial charge in [-0.25, -0.2) is 0 Å². The summed E-state index contributed by atoms with van der Waals surface area (Å²) < 4.78 is 5.55. The molecular formula is C28H36O5. The summed E-state index contributed by atoms with van der Waals surface area (Å²) in [5, 5.41) is 30.1. The molecule has 1 aliphatic rings. The van der Waals surface area contributed by atoms with Crippen molar-refractivity contribution in [2.24, 2.45) is 0 Å². The fraction of sp³-hybridized carbons (Fsp3) is 0.393. The molecule has 178 valence electrons. The number of carbonyl (C=O) groups is 1. The van der Waals surface area contributed by atoms with Crippen LogP contribution >= 0.6 is 0 Å². The van der Waals surface area contributed by atoms with Gasteiger partial charge in [0.25, 0.3) is 0 Å². The normalized spacial score (nSPS) is 18.9. The summed E-state index contributed by atoms with van der Waals surface area (Å²) in [6, 6.07) is 2.33. The van der Waals surface area contributed by atoms with Gasteiger partial charge >= 0.3 is 0 Å². The number of rotatable bonds is 13. The maximum absolute atomic E-state index is 12.3. The van der Waals surface area contributed by atoms with Crippen LogP contribution < -0.4 is 4.74 Å². The molecule has 1 aromatic carbocycles. The lowest BCUT2D eigenvalue weighted by molar-refractivity contribution is -0.145. The maximum Gasteiger partial charge on any atom is 0.215 e. The number of allylic oxidation sites excluding steroid dienone is 10. The molecule has 1 aliphatic heterocycles. The minimum atomic E-state index is -1.62. The first kappa shape index (κ1) is 26.2. The van der Waals surface area contributed by atoms with Crippen LogP contribution in [0.1, 0.15) is 75.1 Å². The second kappa shape index (κ2) is 14.2. The van der Waals surface area contributed by atoms with Gasteiger partial charge in [-0.15, -0.1) is 0 Å². The number of hydrogen-bond acceptors (Lipinski definition) is 5. The molecule has 0 fully saturated rings. The van der Waals surface area contributed by atoms with Gasteiger partial charge in [-0.3, -0.25) is 4.79 Å². The number of ether oxygens (including phenoxy) is 1. The lowest BCUT2D eigenvalue weighted by Gasteiger charge is -2.33. The highest BCUT2D eigenvalue weighted by molar-refractivity contribution is 6.02. The van der Waals surface area contributed by atoms with E-state index < -0.39 is 11.6 Å². The Morgan fingerprint density at radius 2 is 1.42 bits per heavy atom. The van der Waals surface area contributed by atoms with Crippen molar-refractivity contribution >= 4 is 5.78 Å². The van der Waals surface area contributed by atoms with Crippen molar-refractivity contribution in [2.45, 2.75) is 70.5 Å². The van der Waals surface area contributed by atoms with Crippen LogP contribution in [-0.4, -0.2) is 26.9 Å². The number of benzene rings is 1. The van der Waals surface area contributed by atoms with Crippen LogP contribution in [0, 0.1) is 0 Å². The van der Waals surface area contributed by atoms with E-state index in [0.717, 1.165) is 44.6 Å². The van der Waals surface area contributed by atoms with Crippen molar-refractivity contribution in [3.05, 3.63) is 78.5 Å². The molecule has 1 unspecified atom stereocenters. The van der Waals surface area contributed by atoms with Gasteiger partial charge in [0.15, 0.2) is 5.78 Å². The number of hydrogen-bond donors (Lipinski definition) is 3. The third-order valence-corrected chi connectivity index (χ3v) is 5.18. The Morgan fingerprint density at radius 1 is 0.879 bits per heavy atom. The van der Waals surface area contributed by atoms with E-state index in [-0.39, 0.29) is 35.7 Å². The fourth-order valence-electron chi connectivity index (χ4n) is 3.53. The number of unbranched alkanes of at least 4 members (excludes halogenated alkanes) is 1. The molecule has 0 spiro atoms. The zero-order valence-electron chi connectivity index (χ0n) is 19.5. The van der Waals surface area contributed by atoms with Crippen molar-refractivity contribution in [3.8, 4) is 17.2 Å². The van der Waals surface area contributed by atoms with Gasteiger partial charge in [0, 0.05) is 18.6 Å². The number of carbonyl (C=O) groups excluding carboxylic acids is 1. The van der Waals surface area contributed by atoms with Crippen LogP contribution in [0.15, 0.2) is 72.9 Å². The summed E-state index contributed by atoms with van der Waals surface area (Å²) in [5.74, 6) is -2.56. The molecule has 0 aliphatic carbocycles. The molecular weight excluding hydrogens is 416 g/mol. The number of phenolic OH excluding ortho intramolecular Hbond substituents is 2. The second-order valence-electron chi connectivity index (χ2n) is 8.09. The zero-order valence-corrected chi connectivity index (χ0v) is 19.5. The van der Waals surface area contributed by atoms with E-state index in [1.165, 1.54) is 6.07 Å². The van der Waals surface area contributed by atoms with E-state index >= 15 is 0 Å². The Morgan fingerprint density at radius 3 is 2.00 bits per heavy atom. The average Bonchev–Trinajstić information content (AvgIpc) is 2.75. The molecule has 1 heterocycles. The SMILES string of the molecule is CC/C=C\C/C=C\C/C=C\C/C=C\C/C=C\CCCC1(O)CC(=O)c2c(O)cc(O)cc2O1. The number of aromatic hydroxyl groups is 2. The molecule has 0 saturated carbocycles. The van der Waals surface area contributed by atoms with Gasteiger partial charge in [0.2, 0.25) is 5.79 Å². The van der Waals surface area contributed by atoms with E-state index in [1.807, 2.05) is 0 Å². The van der Waals surface area contributed by atoms with Crippen molar-refractivity contribution in [3.63, 3.8) is 0 Å². The minimum Gasteiger partial charge on any atom is -0.508 e. The van der Waals surface area contributed by atoms with E-state index in [0.29, 0.717) is 6.42 Å². The largest absolute Gasteiger partial charge is 0.508 e. The second-order valence-corrected chi connectivity index (χ2v) is 8.09. The Hall–Kier alpha value is -3.05. The summed E-state index contributed by atoms with van der Waals surface area (Å²) in [6.45, 7) is 2.14. The van der Waals surface area contributed by atoms with Crippen LogP contribution in [0.2, 0.25) is 0 Å². The minimum absolute atomic E-state index is 0.00954. The van der Waals surface area contributed by atoms with Gasteiger partial charge in [-0.05, 0) is 44.9 Å². The fourth-order valence-corrected chi connectivity index (χ4v) is 3.53. The van der Waals surface area contributed by atoms with Crippen LogP contribution in [0.4, 0.5) is 0 Å². The molecule has 5 nitrogen and oxygen atoms in total. The third kappa shape index (κ3) is 9.54. The highest BCUT2D eigenvalue weighted by Crippen LogP contribution is 2.41. The molecule has 3 N–H and O–H groups in total. The van der Waals surface area contributed by atoms with E-state index in [2.05, 4.69) is 67.7 Å². The number of aliphatic hydroxyl groups is 1.